The molecule has 0 unspecified atom stereocenters. The van der Waals surface area contributed by atoms with Gasteiger partial charge in [-0.25, -0.2) is 4.79 Å². The van der Waals surface area contributed by atoms with Crippen molar-refractivity contribution in [3.05, 3.63) is 42.0 Å². The van der Waals surface area contributed by atoms with Gasteiger partial charge >= 0.3 is 5.97 Å². The summed E-state index contributed by atoms with van der Waals surface area (Å²) in [6.07, 6.45) is 0. The Morgan fingerprint density at radius 1 is 1.17 bits per heavy atom. The van der Waals surface area contributed by atoms with Crippen LogP contribution in [0.15, 0.2) is 24.3 Å². The van der Waals surface area contributed by atoms with Crippen molar-refractivity contribution in [1.82, 2.24) is 0 Å². The average Bonchev–Trinajstić information content (AvgIpc) is 2.27. The Hall–Kier alpha value is -1.35. The zero-order valence-corrected chi connectivity index (χ0v) is 11.7. The fourth-order valence-electron chi connectivity index (χ4n) is 1.34. The summed E-state index contributed by atoms with van der Waals surface area (Å²) in [5.41, 5.74) is 1.73. The molecule has 1 rings (SSSR count). The topological polar surface area (TPSA) is 35.5 Å². The molecule has 0 N–H and O–H groups in total. The Morgan fingerprint density at radius 3 is 2.17 bits per heavy atom. The van der Waals surface area contributed by atoms with Crippen LogP contribution in [0.4, 0.5) is 0 Å². The van der Waals surface area contributed by atoms with Crippen LogP contribution in [0, 0.1) is 12.5 Å². The molecule has 0 aliphatic heterocycles. The Bertz CT molecular complexity index is 385. The Labute approximate surface area is 109 Å². The average molecular weight is 249 g/mol. The van der Waals surface area contributed by atoms with Crippen LogP contribution >= 0.6 is 0 Å². The highest BCUT2D eigenvalue weighted by molar-refractivity contribution is 5.88. The van der Waals surface area contributed by atoms with Crippen LogP contribution in [-0.2, 0) is 15.2 Å². The van der Waals surface area contributed by atoms with Gasteiger partial charge in [0.15, 0.2) is 0 Å². The van der Waals surface area contributed by atoms with Gasteiger partial charge in [0.25, 0.3) is 0 Å². The molecular formula is C15H21O3. The third-order valence-electron chi connectivity index (χ3n) is 2.44. The van der Waals surface area contributed by atoms with E-state index in [-0.39, 0.29) is 11.3 Å². The predicted molar refractivity (Wildman–Crippen MR) is 70.8 cm³/mol. The lowest BCUT2D eigenvalue weighted by atomic mass is 9.87. The van der Waals surface area contributed by atoms with Crippen molar-refractivity contribution >= 4 is 5.97 Å². The second kappa shape index (κ2) is 6.01. The highest BCUT2D eigenvalue weighted by Gasteiger charge is 2.15. The van der Waals surface area contributed by atoms with Gasteiger partial charge in [0.05, 0.1) is 5.56 Å². The van der Waals surface area contributed by atoms with E-state index >= 15 is 0 Å². The van der Waals surface area contributed by atoms with Gasteiger partial charge < -0.3 is 0 Å². The van der Waals surface area contributed by atoms with Crippen molar-refractivity contribution in [2.45, 2.75) is 40.0 Å². The molecule has 0 spiro atoms. The number of rotatable bonds is 4. The van der Waals surface area contributed by atoms with Crippen molar-refractivity contribution in [3.8, 4) is 0 Å². The zero-order chi connectivity index (χ0) is 13.8. The van der Waals surface area contributed by atoms with Crippen LogP contribution in [0.2, 0.25) is 0 Å². The fourth-order valence-corrected chi connectivity index (χ4v) is 1.34. The second-order valence-corrected chi connectivity index (χ2v) is 5.67. The molecule has 0 saturated carbocycles. The minimum atomic E-state index is -0.479. The summed E-state index contributed by atoms with van der Waals surface area (Å²) >= 11 is 0. The number of hydrogen-bond acceptors (Lipinski definition) is 3. The molecule has 3 heteroatoms. The van der Waals surface area contributed by atoms with Crippen molar-refractivity contribution in [3.63, 3.8) is 0 Å². The van der Waals surface area contributed by atoms with Gasteiger partial charge in [-0.05, 0) is 29.0 Å². The van der Waals surface area contributed by atoms with E-state index in [1.807, 2.05) is 26.0 Å². The molecule has 0 saturated heterocycles. The molecule has 0 heterocycles. The van der Waals surface area contributed by atoms with Gasteiger partial charge in [-0.1, -0.05) is 46.8 Å². The smallest absolute Gasteiger partial charge is 0.292 e. The monoisotopic (exact) mass is 249 g/mol. The van der Waals surface area contributed by atoms with Crippen LogP contribution in [0.25, 0.3) is 0 Å². The van der Waals surface area contributed by atoms with Crippen LogP contribution in [-0.4, -0.2) is 5.97 Å². The van der Waals surface area contributed by atoms with E-state index in [2.05, 4.69) is 25.7 Å². The minimum absolute atomic E-state index is 0.0738. The van der Waals surface area contributed by atoms with Crippen LogP contribution in [0.3, 0.4) is 0 Å². The van der Waals surface area contributed by atoms with Crippen LogP contribution in [0.1, 0.15) is 50.5 Å². The molecule has 18 heavy (non-hydrogen) atoms. The van der Waals surface area contributed by atoms with Crippen molar-refractivity contribution in [1.29, 1.82) is 0 Å². The molecule has 0 atom stereocenters. The van der Waals surface area contributed by atoms with E-state index in [1.165, 1.54) is 12.2 Å². The van der Waals surface area contributed by atoms with Crippen molar-refractivity contribution < 1.29 is 14.6 Å². The maximum Gasteiger partial charge on any atom is 0.373 e. The number of hydrogen-bond donors (Lipinski definition) is 0. The highest BCUT2D eigenvalue weighted by atomic mass is 17.2. The highest BCUT2D eigenvalue weighted by Crippen LogP contribution is 2.22. The van der Waals surface area contributed by atoms with Gasteiger partial charge in [0.1, 0.15) is 6.61 Å². The Balaban J connectivity index is 2.60. The van der Waals surface area contributed by atoms with Gasteiger partial charge in [0, 0.05) is 0 Å². The molecule has 0 bridgehead atoms. The van der Waals surface area contributed by atoms with Crippen LogP contribution < -0.4 is 0 Å². The van der Waals surface area contributed by atoms with E-state index in [1.54, 1.807) is 12.1 Å². The molecule has 99 valence electrons. The molecule has 1 aromatic rings. The van der Waals surface area contributed by atoms with Crippen molar-refractivity contribution in [2.75, 3.05) is 0 Å². The normalized spacial score (nSPS) is 11.7. The van der Waals surface area contributed by atoms with E-state index in [0.717, 1.165) is 0 Å². The summed E-state index contributed by atoms with van der Waals surface area (Å²) in [5, 5.41) is 0. The summed E-state index contributed by atoms with van der Waals surface area (Å²) in [6, 6.07) is 7.37. The standard InChI is InChI=1S/C15H21O3/c1-11(2)10-17-18-14(16)12-6-8-13(9-7-12)15(3,4)5/h6-11H,1-5H3. The summed E-state index contributed by atoms with van der Waals surface area (Å²) in [7, 11) is 0. The maximum atomic E-state index is 11.6. The third-order valence-corrected chi connectivity index (χ3v) is 2.44. The SMILES string of the molecule is CC(C)[CH]OOC(=O)c1ccc(C(C)(C)C)cc1. The Morgan fingerprint density at radius 2 is 1.72 bits per heavy atom. The molecule has 0 aliphatic rings. The number of carbonyl (C=O) groups excluding carboxylic acids is 1. The van der Waals surface area contributed by atoms with E-state index in [9.17, 15) is 4.79 Å². The molecule has 3 nitrogen and oxygen atoms in total. The largest absolute Gasteiger partial charge is 0.373 e. The maximum absolute atomic E-state index is 11.6. The van der Waals surface area contributed by atoms with E-state index in [4.69, 9.17) is 4.89 Å². The lowest BCUT2D eigenvalue weighted by Gasteiger charge is -2.18. The zero-order valence-electron chi connectivity index (χ0n) is 11.7. The predicted octanol–water partition coefficient (Wildman–Crippen LogP) is 3.89. The van der Waals surface area contributed by atoms with Gasteiger partial charge in [0.2, 0.25) is 0 Å². The lowest BCUT2D eigenvalue weighted by Crippen LogP contribution is -2.12. The fraction of sp³-hybridized carbons (Fsp3) is 0.467. The van der Waals surface area contributed by atoms with Gasteiger partial charge in [-0.3, -0.25) is 4.89 Å². The molecule has 0 amide bonds. The van der Waals surface area contributed by atoms with E-state index in [0.29, 0.717) is 5.56 Å². The first-order valence-electron chi connectivity index (χ1n) is 6.12. The third kappa shape index (κ3) is 4.49. The molecule has 1 aromatic carbocycles. The van der Waals surface area contributed by atoms with Gasteiger partial charge in [-0.15, -0.1) is 0 Å². The number of carbonyl (C=O) groups is 1. The number of benzene rings is 1. The van der Waals surface area contributed by atoms with Crippen molar-refractivity contribution in [2.24, 2.45) is 5.92 Å². The summed E-state index contributed by atoms with van der Waals surface area (Å²) < 4.78 is 0. The summed E-state index contributed by atoms with van der Waals surface area (Å²) in [4.78, 5) is 21.0. The molecule has 0 aliphatic carbocycles. The first-order valence-corrected chi connectivity index (χ1v) is 6.12. The molecule has 0 fully saturated rings. The minimum Gasteiger partial charge on any atom is -0.292 e. The Kier molecular flexibility index (Phi) is 4.91. The lowest BCUT2D eigenvalue weighted by molar-refractivity contribution is -0.217. The van der Waals surface area contributed by atoms with Gasteiger partial charge in [-0.2, -0.15) is 4.89 Å². The quantitative estimate of drug-likeness (QED) is 0.600. The molecule has 1 radical (unpaired) electrons. The summed E-state index contributed by atoms with van der Waals surface area (Å²) in [6.45, 7) is 11.7. The molecular weight excluding hydrogens is 228 g/mol. The first-order chi connectivity index (χ1) is 8.30. The first kappa shape index (κ1) is 14.7. The van der Waals surface area contributed by atoms with Crippen LogP contribution in [0.5, 0.6) is 0 Å². The summed E-state index contributed by atoms with van der Waals surface area (Å²) in [5.74, 6) is -0.270. The molecule has 0 aromatic heterocycles. The second-order valence-electron chi connectivity index (χ2n) is 5.67. The van der Waals surface area contributed by atoms with E-state index < -0.39 is 5.97 Å².